The third-order valence-electron chi connectivity index (χ3n) is 6.56. The molecular weight excluding hydrogens is 541 g/mol. The summed E-state index contributed by atoms with van der Waals surface area (Å²) in [4.78, 5) is 28.5. The maximum absolute atomic E-state index is 13.6. The summed E-state index contributed by atoms with van der Waals surface area (Å²) in [6.07, 6.45) is 0. The smallest absolute Gasteiger partial charge is 0.300 e. The Labute approximate surface area is 237 Å². The number of hydrogen-bond donors (Lipinski definition) is 1. The van der Waals surface area contributed by atoms with E-state index in [4.69, 9.17) is 37.4 Å². The van der Waals surface area contributed by atoms with Crippen LogP contribution in [0.3, 0.4) is 0 Å². The summed E-state index contributed by atoms with van der Waals surface area (Å²) in [5, 5.41) is 11.7. The van der Waals surface area contributed by atoms with Gasteiger partial charge in [-0.25, -0.2) is 0 Å². The molecule has 1 aliphatic rings. The Kier molecular flexibility index (Phi) is 8.42. The number of carbonyl (C=O) groups excluding carboxylic acids is 2. The molecule has 1 aliphatic heterocycles. The number of ketones is 1. The molecule has 7 nitrogen and oxygen atoms in total. The third kappa shape index (κ3) is 5.16. The van der Waals surface area contributed by atoms with Crippen molar-refractivity contribution in [1.29, 1.82) is 0 Å². The predicted octanol–water partition coefficient (Wildman–Crippen LogP) is 7.16. The highest BCUT2D eigenvalue weighted by Crippen LogP contribution is 2.48. The van der Waals surface area contributed by atoms with E-state index in [0.29, 0.717) is 23.6 Å². The Morgan fingerprint density at radius 3 is 2.26 bits per heavy atom. The van der Waals surface area contributed by atoms with E-state index in [0.717, 1.165) is 5.56 Å². The lowest BCUT2D eigenvalue weighted by molar-refractivity contribution is -0.132. The summed E-state index contributed by atoms with van der Waals surface area (Å²) >= 11 is 12.8. The fourth-order valence-corrected chi connectivity index (χ4v) is 5.35. The van der Waals surface area contributed by atoms with Crippen molar-refractivity contribution in [3.05, 3.63) is 86.9 Å². The van der Waals surface area contributed by atoms with E-state index in [1.54, 1.807) is 36.4 Å². The number of amides is 1. The van der Waals surface area contributed by atoms with Crippen molar-refractivity contribution >= 4 is 46.3 Å². The summed E-state index contributed by atoms with van der Waals surface area (Å²) in [5.74, 6) is -1.09. The molecule has 4 rings (SSSR count). The van der Waals surface area contributed by atoms with Crippen LogP contribution >= 0.6 is 23.2 Å². The Balaban J connectivity index is 1.99. The van der Waals surface area contributed by atoms with Gasteiger partial charge < -0.3 is 19.3 Å². The zero-order valence-corrected chi connectivity index (χ0v) is 23.8. The van der Waals surface area contributed by atoms with E-state index in [-0.39, 0.29) is 38.6 Å². The van der Waals surface area contributed by atoms with E-state index in [2.05, 4.69) is 13.8 Å². The van der Waals surface area contributed by atoms with Crippen LogP contribution in [0.2, 0.25) is 10.0 Å². The van der Waals surface area contributed by atoms with Crippen LogP contribution in [-0.4, -0.2) is 37.6 Å². The van der Waals surface area contributed by atoms with Crippen molar-refractivity contribution in [3.63, 3.8) is 0 Å². The second kappa shape index (κ2) is 11.6. The summed E-state index contributed by atoms with van der Waals surface area (Å²) in [5.41, 5.74) is 2.06. The van der Waals surface area contributed by atoms with Crippen LogP contribution < -0.4 is 19.1 Å². The van der Waals surface area contributed by atoms with Crippen LogP contribution in [-0.2, 0) is 9.59 Å². The van der Waals surface area contributed by atoms with Crippen LogP contribution in [0, 0.1) is 0 Å². The van der Waals surface area contributed by atoms with Gasteiger partial charge in [-0.1, -0.05) is 61.3 Å². The van der Waals surface area contributed by atoms with E-state index < -0.39 is 23.5 Å². The minimum absolute atomic E-state index is 0.0162. The average Bonchev–Trinajstić information content (AvgIpc) is 3.18. The van der Waals surface area contributed by atoms with Crippen LogP contribution in [0.25, 0.3) is 5.76 Å². The van der Waals surface area contributed by atoms with E-state index in [1.807, 2.05) is 19.1 Å². The zero-order chi connectivity index (χ0) is 28.4. The number of halogens is 2. The van der Waals surface area contributed by atoms with Gasteiger partial charge in [0.1, 0.15) is 16.5 Å². The number of aliphatic hydroxyl groups is 1. The Bertz CT molecular complexity index is 1450. The average molecular weight is 570 g/mol. The minimum atomic E-state index is -0.973. The molecule has 1 fully saturated rings. The number of methoxy groups -OCH3 is 2. The first-order valence-electron chi connectivity index (χ1n) is 12.4. The van der Waals surface area contributed by atoms with Crippen LogP contribution in [0.4, 0.5) is 5.69 Å². The van der Waals surface area contributed by atoms with Crippen molar-refractivity contribution in [1.82, 2.24) is 0 Å². The van der Waals surface area contributed by atoms with Crippen LogP contribution in [0.15, 0.2) is 60.2 Å². The standard InChI is InChI=1S/C30H29Cl2NO6/c1-6-39-20-9-7-8-18(14-20)25-23(26(34)21-15-22(31)29(38-5)24(32)28(21)37-4)27(35)30(36)33(25)19-12-10-17(11-13-19)16(2)3/h7-16,25,34H,6H2,1-5H3/b26-23+. The molecule has 39 heavy (non-hydrogen) atoms. The van der Waals surface area contributed by atoms with Gasteiger partial charge in [0.25, 0.3) is 11.7 Å². The lowest BCUT2D eigenvalue weighted by atomic mass is 9.94. The number of rotatable bonds is 8. The second-order valence-electron chi connectivity index (χ2n) is 9.21. The number of ether oxygens (including phenoxy) is 3. The van der Waals surface area contributed by atoms with Crippen molar-refractivity contribution in [2.75, 3.05) is 25.7 Å². The van der Waals surface area contributed by atoms with E-state index >= 15 is 0 Å². The minimum Gasteiger partial charge on any atom is -0.507 e. The fraction of sp³-hybridized carbons (Fsp3) is 0.267. The molecule has 3 aromatic rings. The number of hydrogen-bond acceptors (Lipinski definition) is 6. The fourth-order valence-electron chi connectivity index (χ4n) is 4.67. The molecule has 0 bridgehead atoms. The molecule has 1 amide bonds. The van der Waals surface area contributed by atoms with Gasteiger partial charge in [-0.2, -0.15) is 0 Å². The Morgan fingerprint density at radius 1 is 1.00 bits per heavy atom. The number of anilines is 1. The molecule has 0 aromatic heterocycles. The number of aliphatic hydroxyl groups excluding tert-OH is 1. The highest BCUT2D eigenvalue weighted by molar-refractivity contribution is 6.52. The molecule has 1 N–H and O–H groups in total. The quantitative estimate of drug-likeness (QED) is 0.176. The molecule has 1 atom stereocenters. The lowest BCUT2D eigenvalue weighted by Gasteiger charge is -2.26. The van der Waals surface area contributed by atoms with Gasteiger partial charge in [0.15, 0.2) is 11.5 Å². The highest BCUT2D eigenvalue weighted by atomic mass is 35.5. The number of nitrogens with zero attached hydrogens (tertiary/aromatic N) is 1. The molecular formula is C30H29Cl2NO6. The van der Waals surface area contributed by atoms with Gasteiger partial charge in [0, 0.05) is 5.69 Å². The van der Waals surface area contributed by atoms with Crippen molar-refractivity contribution in [2.24, 2.45) is 0 Å². The van der Waals surface area contributed by atoms with E-state index in [1.165, 1.54) is 25.2 Å². The van der Waals surface area contributed by atoms with Crippen molar-refractivity contribution in [2.45, 2.75) is 32.7 Å². The molecule has 1 unspecified atom stereocenters. The van der Waals surface area contributed by atoms with E-state index in [9.17, 15) is 14.7 Å². The third-order valence-corrected chi connectivity index (χ3v) is 7.19. The second-order valence-corrected chi connectivity index (χ2v) is 9.99. The first-order chi connectivity index (χ1) is 18.6. The number of Topliss-reactive ketones (excluding diaryl/α,β-unsaturated/α-hetero) is 1. The summed E-state index contributed by atoms with van der Waals surface area (Å²) in [7, 11) is 2.76. The normalized spacial score (nSPS) is 16.6. The van der Waals surface area contributed by atoms with Crippen LogP contribution in [0.1, 0.15) is 49.4 Å². The van der Waals surface area contributed by atoms with Gasteiger partial charge in [-0.05, 0) is 54.3 Å². The van der Waals surface area contributed by atoms with Crippen molar-refractivity contribution in [3.8, 4) is 17.2 Å². The molecule has 0 saturated carbocycles. The number of benzene rings is 3. The maximum atomic E-state index is 13.6. The Morgan fingerprint density at radius 2 is 1.67 bits per heavy atom. The SMILES string of the molecule is CCOc1cccc(C2/C(=C(\O)c3cc(Cl)c(OC)c(Cl)c3OC)C(=O)C(=O)N2c2ccc(C(C)C)cc2)c1. The van der Waals surface area contributed by atoms with Crippen LogP contribution in [0.5, 0.6) is 17.2 Å². The molecule has 0 aliphatic carbocycles. The number of carbonyl (C=O) groups is 2. The first-order valence-corrected chi connectivity index (χ1v) is 13.1. The highest BCUT2D eigenvalue weighted by Gasteiger charge is 2.47. The molecule has 0 radical (unpaired) electrons. The molecule has 1 saturated heterocycles. The molecule has 0 spiro atoms. The summed E-state index contributed by atoms with van der Waals surface area (Å²) < 4.78 is 16.4. The molecule has 1 heterocycles. The lowest BCUT2D eigenvalue weighted by Crippen LogP contribution is -2.29. The summed E-state index contributed by atoms with van der Waals surface area (Å²) in [6, 6.07) is 14.9. The van der Waals surface area contributed by atoms with Gasteiger partial charge >= 0.3 is 0 Å². The van der Waals surface area contributed by atoms with Gasteiger partial charge in [0.05, 0.1) is 43.0 Å². The van der Waals surface area contributed by atoms with Gasteiger partial charge in [-0.3, -0.25) is 14.5 Å². The Hall–Kier alpha value is -3.68. The van der Waals surface area contributed by atoms with Gasteiger partial charge in [0.2, 0.25) is 0 Å². The molecule has 9 heteroatoms. The van der Waals surface area contributed by atoms with Crippen molar-refractivity contribution < 1.29 is 28.9 Å². The molecule has 204 valence electrons. The topological polar surface area (TPSA) is 85.3 Å². The largest absolute Gasteiger partial charge is 0.507 e. The first kappa shape index (κ1) is 28.3. The van der Waals surface area contributed by atoms with Gasteiger partial charge in [-0.15, -0.1) is 0 Å². The molecule has 3 aromatic carbocycles. The monoisotopic (exact) mass is 569 g/mol. The maximum Gasteiger partial charge on any atom is 0.300 e. The summed E-state index contributed by atoms with van der Waals surface area (Å²) in [6.45, 7) is 6.43. The predicted molar refractivity (Wildman–Crippen MR) is 152 cm³/mol. The zero-order valence-electron chi connectivity index (χ0n) is 22.2.